The Balaban J connectivity index is 1.52. The maximum Gasteiger partial charge on any atom is 0.253 e. The van der Waals surface area contributed by atoms with Crippen molar-refractivity contribution in [3.05, 3.63) is 30.1 Å². The molecule has 6 nitrogen and oxygen atoms in total. The van der Waals surface area contributed by atoms with Crippen molar-refractivity contribution in [2.24, 2.45) is 17.3 Å². The van der Waals surface area contributed by atoms with Crippen LogP contribution in [0.2, 0.25) is 0 Å². The average molecular weight is 287 g/mol. The number of fused-ring (bicyclic) bond motifs is 2. The molecule has 1 aromatic carbocycles. The lowest BCUT2D eigenvalue weighted by atomic mass is 10.0. The minimum Gasteiger partial charge on any atom is -0.396 e. The summed E-state index contributed by atoms with van der Waals surface area (Å²) in [6.45, 7) is 1.24. The summed E-state index contributed by atoms with van der Waals surface area (Å²) >= 11 is 0. The molecule has 1 aliphatic heterocycles. The SMILES string of the molecule is O=C(c1ccc2nc[nH]c2c1)N1CC2C(C1)C2(CO)CO. The summed E-state index contributed by atoms with van der Waals surface area (Å²) in [7, 11) is 0. The Kier molecular flexibility index (Phi) is 2.61. The van der Waals surface area contributed by atoms with Crippen molar-refractivity contribution in [2.45, 2.75) is 0 Å². The Bertz CT molecular complexity index is 693. The van der Waals surface area contributed by atoms with Crippen molar-refractivity contribution in [1.82, 2.24) is 14.9 Å². The van der Waals surface area contributed by atoms with Crippen LogP contribution in [0.5, 0.6) is 0 Å². The molecule has 0 bridgehead atoms. The zero-order valence-corrected chi connectivity index (χ0v) is 11.5. The predicted octanol–water partition coefficient (Wildman–Crippen LogP) is 0.236. The molecule has 6 heteroatoms. The zero-order valence-electron chi connectivity index (χ0n) is 11.5. The molecule has 1 aliphatic carbocycles. The van der Waals surface area contributed by atoms with Gasteiger partial charge < -0.3 is 20.1 Å². The normalized spacial score (nSPS) is 26.1. The Morgan fingerprint density at radius 2 is 2.05 bits per heavy atom. The van der Waals surface area contributed by atoms with Crippen molar-refractivity contribution in [1.29, 1.82) is 0 Å². The lowest BCUT2D eigenvalue weighted by molar-refractivity contribution is 0.0637. The fraction of sp³-hybridized carbons (Fsp3) is 0.467. The predicted molar refractivity (Wildman–Crippen MR) is 75.6 cm³/mol. The van der Waals surface area contributed by atoms with E-state index >= 15 is 0 Å². The first-order valence-electron chi connectivity index (χ1n) is 7.14. The average Bonchev–Trinajstić information content (AvgIpc) is 2.94. The number of aromatic amines is 1. The molecule has 0 spiro atoms. The second-order valence-corrected chi connectivity index (χ2v) is 6.11. The van der Waals surface area contributed by atoms with Gasteiger partial charge >= 0.3 is 0 Å². The molecule has 1 amide bonds. The number of piperidine rings is 1. The monoisotopic (exact) mass is 287 g/mol. The first-order valence-corrected chi connectivity index (χ1v) is 7.14. The van der Waals surface area contributed by atoms with Gasteiger partial charge in [-0.2, -0.15) is 0 Å². The standard InChI is InChI=1S/C15H17N3O3/c19-6-15(7-20)10-4-18(5-11(10)15)14(21)9-1-2-12-13(3-9)17-8-16-12/h1-3,8,10-11,19-20H,4-7H2,(H,16,17). The van der Waals surface area contributed by atoms with Gasteiger partial charge in [0.05, 0.1) is 30.6 Å². The Morgan fingerprint density at radius 3 is 2.71 bits per heavy atom. The lowest BCUT2D eigenvalue weighted by Gasteiger charge is -2.24. The van der Waals surface area contributed by atoms with Gasteiger partial charge in [0.2, 0.25) is 0 Å². The van der Waals surface area contributed by atoms with Crippen molar-refractivity contribution in [3.63, 3.8) is 0 Å². The van der Waals surface area contributed by atoms with Gasteiger partial charge in [0, 0.05) is 24.1 Å². The van der Waals surface area contributed by atoms with E-state index in [2.05, 4.69) is 9.97 Å². The topological polar surface area (TPSA) is 89.5 Å². The van der Waals surface area contributed by atoms with E-state index in [1.807, 2.05) is 17.0 Å². The third-order valence-electron chi connectivity index (χ3n) is 5.23. The summed E-state index contributed by atoms with van der Waals surface area (Å²) in [5.74, 6) is 0.461. The third-order valence-corrected chi connectivity index (χ3v) is 5.23. The minimum atomic E-state index is -0.357. The Morgan fingerprint density at radius 1 is 1.33 bits per heavy atom. The van der Waals surface area contributed by atoms with Gasteiger partial charge in [-0.15, -0.1) is 0 Å². The molecule has 2 aliphatic rings. The summed E-state index contributed by atoms with van der Waals surface area (Å²) in [4.78, 5) is 21.5. The highest BCUT2D eigenvalue weighted by Crippen LogP contribution is 2.62. The first-order chi connectivity index (χ1) is 10.2. The highest BCUT2D eigenvalue weighted by molar-refractivity contribution is 5.97. The summed E-state index contributed by atoms with van der Waals surface area (Å²) in [6, 6.07) is 5.45. The molecule has 4 rings (SSSR count). The maximum atomic E-state index is 12.5. The molecule has 2 atom stereocenters. The number of carbonyl (C=O) groups is 1. The number of nitrogens with zero attached hydrogens (tertiary/aromatic N) is 2. The van der Waals surface area contributed by atoms with Crippen molar-refractivity contribution < 1.29 is 15.0 Å². The molecule has 2 fully saturated rings. The van der Waals surface area contributed by atoms with E-state index in [1.54, 1.807) is 12.4 Å². The summed E-state index contributed by atoms with van der Waals surface area (Å²) in [5, 5.41) is 18.8. The number of imidazole rings is 1. The number of benzene rings is 1. The van der Waals surface area contributed by atoms with Crippen LogP contribution in [-0.2, 0) is 0 Å². The van der Waals surface area contributed by atoms with Crippen LogP contribution >= 0.6 is 0 Å². The first kappa shape index (κ1) is 12.8. The van der Waals surface area contributed by atoms with E-state index in [0.717, 1.165) is 11.0 Å². The summed E-state index contributed by atoms with van der Waals surface area (Å²) in [6.07, 6.45) is 1.61. The number of aliphatic hydroxyl groups excluding tert-OH is 2. The maximum absolute atomic E-state index is 12.5. The Hall–Kier alpha value is -1.92. The number of carbonyl (C=O) groups excluding carboxylic acids is 1. The molecule has 1 aromatic heterocycles. The number of amides is 1. The van der Waals surface area contributed by atoms with Crippen molar-refractivity contribution in [3.8, 4) is 0 Å². The number of rotatable bonds is 3. The number of aliphatic hydroxyl groups is 2. The number of hydrogen-bond acceptors (Lipinski definition) is 4. The second kappa shape index (κ2) is 4.29. The zero-order chi connectivity index (χ0) is 14.6. The number of likely N-dealkylation sites (tertiary alicyclic amines) is 1. The van der Waals surface area contributed by atoms with E-state index in [-0.39, 0.29) is 36.4 Å². The summed E-state index contributed by atoms with van der Waals surface area (Å²) in [5.41, 5.74) is 1.98. The van der Waals surface area contributed by atoms with Crippen LogP contribution in [-0.4, -0.2) is 57.3 Å². The molecule has 2 aromatic rings. The quantitative estimate of drug-likeness (QED) is 0.754. The van der Waals surface area contributed by atoms with Gasteiger partial charge in [0.15, 0.2) is 0 Å². The number of hydrogen-bond donors (Lipinski definition) is 3. The largest absolute Gasteiger partial charge is 0.396 e. The highest BCUT2D eigenvalue weighted by Gasteiger charge is 2.68. The molecule has 21 heavy (non-hydrogen) atoms. The van der Waals surface area contributed by atoms with Crippen molar-refractivity contribution in [2.75, 3.05) is 26.3 Å². The molecule has 110 valence electrons. The van der Waals surface area contributed by atoms with Crippen molar-refractivity contribution >= 4 is 16.9 Å². The van der Waals surface area contributed by atoms with Gasteiger partial charge in [0.1, 0.15) is 0 Å². The highest BCUT2D eigenvalue weighted by atomic mass is 16.3. The molecule has 2 heterocycles. The molecule has 1 saturated carbocycles. The minimum absolute atomic E-state index is 0.000960. The molecule has 2 unspecified atom stereocenters. The smallest absolute Gasteiger partial charge is 0.253 e. The molecular weight excluding hydrogens is 270 g/mol. The van der Waals surface area contributed by atoms with Crippen LogP contribution < -0.4 is 0 Å². The van der Waals surface area contributed by atoms with Crippen LogP contribution in [0.15, 0.2) is 24.5 Å². The van der Waals surface area contributed by atoms with Crippen LogP contribution in [0.4, 0.5) is 0 Å². The molecule has 0 radical (unpaired) electrons. The fourth-order valence-corrected chi connectivity index (χ4v) is 3.77. The van der Waals surface area contributed by atoms with Crippen LogP contribution in [0.1, 0.15) is 10.4 Å². The van der Waals surface area contributed by atoms with E-state index < -0.39 is 0 Å². The van der Waals surface area contributed by atoms with Crippen LogP contribution in [0.3, 0.4) is 0 Å². The summed E-state index contributed by atoms with van der Waals surface area (Å²) < 4.78 is 0. The molecule has 1 saturated heterocycles. The van der Waals surface area contributed by atoms with Gasteiger partial charge in [-0.25, -0.2) is 4.98 Å². The van der Waals surface area contributed by atoms with Gasteiger partial charge in [-0.1, -0.05) is 0 Å². The van der Waals surface area contributed by atoms with Gasteiger partial charge in [-0.05, 0) is 30.0 Å². The number of H-pyrrole nitrogens is 1. The van der Waals surface area contributed by atoms with Gasteiger partial charge in [0.25, 0.3) is 5.91 Å². The number of aromatic nitrogens is 2. The van der Waals surface area contributed by atoms with Crippen LogP contribution in [0, 0.1) is 17.3 Å². The van der Waals surface area contributed by atoms with Gasteiger partial charge in [-0.3, -0.25) is 4.79 Å². The second-order valence-electron chi connectivity index (χ2n) is 6.11. The van der Waals surface area contributed by atoms with Crippen LogP contribution in [0.25, 0.3) is 11.0 Å². The molecular formula is C15H17N3O3. The lowest BCUT2D eigenvalue weighted by Crippen LogP contribution is -2.36. The number of nitrogens with one attached hydrogen (secondary N) is 1. The van der Waals surface area contributed by atoms with E-state index in [0.29, 0.717) is 18.7 Å². The van der Waals surface area contributed by atoms with E-state index in [1.165, 1.54) is 0 Å². The van der Waals surface area contributed by atoms with E-state index in [9.17, 15) is 15.0 Å². The Labute approximate surface area is 121 Å². The fourth-order valence-electron chi connectivity index (χ4n) is 3.77. The third kappa shape index (κ3) is 1.66. The van der Waals surface area contributed by atoms with E-state index in [4.69, 9.17) is 0 Å². The molecule has 3 N–H and O–H groups in total.